The first kappa shape index (κ1) is 19.2. The molecule has 0 bridgehead atoms. The molecule has 142 valence electrons. The maximum atomic E-state index is 12.8. The molecule has 3 N–H and O–H groups in total. The van der Waals surface area contributed by atoms with Crippen molar-refractivity contribution in [1.82, 2.24) is 10.6 Å². The van der Waals surface area contributed by atoms with Gasteiger partial charge in [0.2, 0.25) is 5.91 Å². The summed E-state index contributed by atoms with van der Waals surface area (Å²) in [5, 5.41) is 15.2. The minimum Gasteiger partial charge on any atom is -0.508 e. The molecule has 1 atom stereocenters. The number of carbonyl (C=O) groups is 2. The van der Waals surface area contributed by atoms with Gasteiger partial charge in [0.05, 0.1) is 0 Å². The topological polar surface area (TPSA) is 78.4 Å². The van der Waals surface area contributed by atoms with Crippen LogP contribution in [0.2, 0.25) is 0 Å². The van der Waals surface area contributed by atoms with Gasteiger partial charge in [-0.05, 0) is 35.4 Å². The highest BCUT2D eigenvalue weighted by Gasteiger charge is 2.21. The van der Waals surface area contributed by atoms with E-state index >= 15 is 0 Å². The third kappa shape index (κ3) is 5.45. The van der Waals surface area contributed by atoms with Gasteiger partial charge in [0.1, 0.15) is 11.8 Å². The summed E-state index contributed by atoms with van der Waals surface area (Å²) in [5.41, 5.74) is 2.31. The van der Waals surface area contributed by atoms with Crippen LogP contribution in [0.25, 0.3) is 0 Å². The first-order valence-corrected chi connectivity index (χ1v) is 9.07. The van der Waals surface area contributed by atoms with Gasteiger partial charge in [-0.15, -0.1) is 0 Å². The Labute approximate surface area is 164 Å². The molecule has 0 aromatic heterocycles. The summed E-state index contributed by atoms with van der Waals surface area (Å²) < 4.78 is 0. The van der Waals surface area contributed by atoms with Crippen molar-refractivity contribution in [2.75, 3.05) is 0 Å². The smallest absolute Gasteiger partial charge is 0.251 e. The van der Waals surface area contributed by atoms with E-state index in [1.54, 1.807) is 48.5 Å². The van der Waals surface area contributed by atoms with Crippen molar-refractivity contribution in [2.45, 2.75) is 19.0 Å². The summed E-state index contributed by atoms with van der Waals surface area (Å²) in [7, 11) is 0. The van der Waals surface area contributed by atoms with Crippen molar-refractivity contribution in [3.05, 3.63) is 102 Å². The predicted molar refractivity (Wildman–Crippen MR) is 108 cm³/mol. The Morgan fingerprint density at radius 2 is 1.39 bits per heavy atom. The van der Waals surface area contributed by atoms with Crippen molar-refractivity contribution in [2.24, 2.45) is 0 Å². The molecule has 0 fully saturated rings. The fraction of sp³-hybridized carbons (Fsp3) is 0.130. The molecule has 2 amide bonds. The Kier molecular flexibility index (Phi) is 6.41. The molecule has 0 aliphatic heterocycles. The summed E-state index contributed by atoms with van der Waals surface area (Å²) >= 11 is 0. The maximum Gasteiger partial charge on any atom is 0.251 e. The lowest BCUT2D eigenvalue weighted by molar-refractivity contribution is -0.123. The second-order valence-electron chi connectivity index (χ2n) is 6.47. The molecular formula is C23H22N2O3. The summed E-state index contributed by atoms with van der Waals surface area (Å²) in [5.74, 6) is -0.414. The van der Waals surface area contributed by atoms with Crippen LogP contribution in [0.1, 0.15) is 21.5 Å². The van der Waals surface area contributed by atoms with Gasteiger partial charge < -0.3 is 15.7 Å². The Bertz CT molecular complexity index is 910. The van der Waals surface area contributed by atoms with E-state index in [1.165, 1.54) is 0 Å². The summed E-state index contributed by atoms with van der Waals surface area (Å²) in [4.78, 5) is 25.3. The predicted octanol–water partition coefficient (Wildman–Crippen LogP) is 3.05. The van der Waals surface area contributed by atoms with Crippen LogP contribution in [-0.2, 0) is 17.8 Å². The summed E-state index contributed by atoms with van der Waals surface area (Å²) in [6, 6.07) is 24.2. The molecule has 0 aliphatic rings. The van der Waals surface area contributed by atoms with Crippen LogP contribution in [0.4, 0.5) is 0 Å². The van der Waals surface area contributed by atoms with E-state index < -0.39 is 6.04 Å². The van der Waals surface area contributed by atoms with Gasteiger partial charge in [0.25, 0.3) is 5.91 Å². The number of amides is 2. The quantitative estimate of drug-likeness (QED) is 0.595. The number of carbonyl (C=O) groups excluding carboxylic acids is 2. The number of hydrogen-bond donors (Lipinski definition) is 3. The highest BCUT2D eigenvalue weighted by atomic mass is 16.3. The van der Waals surface area contributed by atoms with Crippen LogP contribution in [0.15, 0.2) is 84.9 Å². The minimum atomic E-state index is -0.735. The van der Waals surface area contributed by atoms with Crippen molar-refractivity contribution >= 4 is 11.8 Å². The molecule has 28 heavy (non-hydrogen) atoms. The molecule has 0 spiro atoms. The molecule has 0 radical (unpaired) electrons. The van der Waals surface area contributed by atoms with Crippen molar-refractivity contribution in [1.29, 1.82) is 0 Å². The lowest BCUT2D eigenvalue weighted by Gasteiger charge is -2.19. The first-order valence-electron chi connectivity index (χ1n) is 9.07. The SMILES string of the molecule is O=C(NC(Cc1ccc(O)cc1)C(=O)NCc1ccccc1)c1ccccc1. The Hall–Kier alpha value is -3.60. The maximum absolute atomic E-state index is 12.8. The molecule has 3 rings (SSSR count). The van der Waals surface area contributed by atoms with Crippen molar-refractivity contribution < 1.29 is 14.7 Å². The minimum absolute atomic E-state index is 0.155. The number of rotatable bonds is 7. The van der Waals surface area contributed by atoms with Crippen LogP contribution in [-0.4, -0.2) is 23.0 Å². The molecule has 3 aromatic rings. The van der Waals surface area contributed by atoms with Crippen LogP contribution in [0.3, 0.4) is 0 Å². The van der Waals surface area contributed by atoms with Gasteiger partial charge in [0, 0.05) is 18.5 Å². The summed E-state index contributed by atoms with van der Waals surface area (Å²) in [6.07, 6.45) is 0.319. The van der Waals surface area contributed by atoms with Crippen LogP contribution < -0.4 is 10.6 Å². The highest BCUT2D eigenvalue weighted by molar-refractivity contribution is 5.97. The summed E-state index contributed by atoms with van der Waals surface area (Å²) in [6.45, 7) is 0.382. The van der Waals surface area contributed by atoms with Crippen LogP contribution >= 0.6 is 0 Å². The zero-order valence-corrected chi connectivity index (χ0v) is 15.3. The normalized spacial score (nSPS) is 11.4. The largest absolute Gasteiger partial charge is 0.508 e. The molecular weight excluding hydrogens is 352 g/mol. The number of nitrogens with one attached hydrogen (secondary N) is 2. The fourth-order valence-corrected chi connectivity index (χ4v) is 2.82. The average molecular weight is 374 g/mol. The molecule has 0 saturated heterocycles. The van der Waals surface area contributed by atoms with Crippen molar-refractivity contribution in [3.8, 4) is 5.75 Å². The van der Waals surface area contributed by atoms with E-state index in [0.29, 0.717) is 18.5 Å². The average Bonchev–Trinajstić information content (AvgIpc) is 2.74. The Morgan fingerprint density at radius 3 is 2.04 bits per heavy atom. The third-order valence-electron chi connectivity index (χ3n) is 4.34. The van der Waals surface area contributed by atoms with Crippen LogP contribution in [0.5, 0.6) is 5.75 Å². The first-order chi connectivity index (χ1) is 13.6. The van der Waals surface area contributed by atoms with Gasteiger partial charge in [-0.25, -0.2) is 0 Å². The number of hydrogen-bond acceptors (Lipinski definition) is 3. The monoisotopic (exact) mass is 374 g/mol. The van der Waals surface area contributed by atoms with E-state index in [2.05, 4.69) is 10.6 Å². The lowest BCUT2D eigenvalue weighted by atomic mass is 10.0. The van der Waals surface area contributed by atoms with Gasteiger partial charge in [-0.2, -0.15) is 0 Å². The second-order valence-corrected chi connectivity index (χ2v) is 6.47. The number of benzene rings is 3. The van der Waals surface area contributed by atoms with E-state index in [1.807, 2.05) is 36.4 Å². The van der Waals surface area contributed by atoms with Crippen molar-refractivity contribution in [3.63, 3.8) is 0 Å². The molecule has 0 saturated carbocycles. The van der Waals surface area contributed by atoms with Gasteiger partial charge >= 0.3 is 0 Å². The van der Waals surface area contributed by atoms with E-state index in [4.69, 9.17) is 0 Å². The highest BCUT2D eigenvalue weighted by Crippen LogP contribution is 2.12. The van der Waals surface area contributed by atoms with Gasteiger partial charge in [-0.1, -0.05) is 60.7 Å². The lowest BCUT2D eigenvalue weighted by Crippen LogP contribution is -2.47. The number of phenolic OH excluding ortho intramolecular Hbond substituents is 1. The van der Waals surface area contributed by atoms with Gasteiger partial charge in [0.15, 0.2) is 0 Å². The molecule has 3 aromatic carbocycles. The van der Waals surface area contributed by atoms with E-state index in [9.17, 15) is 14.7 Å². The molecule has 0 heterocycles. The molecule has 0 aliphatic carbocycles. The molecule has 5 heteroatoms. The number of phenols is 1. The fourth-order valence-electron chi connectivity index (χ4n) is 2.82. The van der Waals surface area contributed by atoms with Gasteiger partial charge in [-0.3, -0.25) is 9.59 Å². The van der Waals surface area contributed by atoms with Crippen LogP contribution in [0, 0.1) is 0 Å². The Balaban J connectivity index is 1.71. The third-order valence-corrected chi connectivity index (χ3v) is 4.34. The molecule has 5 nitrogen and oxygen atoms in total. The molecule has 1 unspecified atom stereocenters. The Morgan fingerprint density at radius 1 is 0.786 bits per heavy atom. The van der Waals surface area contributed by atoms with E-state index in [-0.39, 0.29) is 17.6 Å². The zero-order valence-electron chi connectivity index (χ0n) is 15.3. The van der Waals surface area contributed by atoms with E-state index in [0.717, 1.165) is 11.1 Å². The standard InChI is InChI=1S/C23H22N2O3/c26-20-13-11-17(12-14-20)15-21(25-22(27)19-9-5-2-6-10-19)23(28)24-16-18-7-3-1-4-8-18/h1-14,21,26H,15-16H2,(H,24,28)(H,25,27). The zero-order chi connectivity index (χ0) is 19.8. The second kappa shape index (κ2) is 9.37. The number of aromatic hydroxyl groups is 1.